The van der Waals surface area contributed by atoms with Gasteiger partial charge in [0.1, 0.15) is 5.41 Å². The van der Waals surface area contributed by atoms with Crippen molar-refractivity contribution >= 4 is 23.3 Å². The van der Waals surface area contributed by atoms with Gasteiger partial charge in [0.2, 0.25) is 11.8 Å². The second-order valence-corrected chi connectivity index (χ2v) is 6.26. The van der Waals surface area contributed by atoms with Crippen LogP contribution in [0.3, 0.4) is 0 Å². The van der Waals surface area contributed by atoms with E-state index in [1.807, 2.05) is 6.07 Å². The number of hydrogen-bond donors (Lipinski definition) is 2. The predicted molar refractivity (Wildman–Crippen MR) is 94.9 cm³/mol. The van der Waals surface area contributed by atoms with Gasteiger partial charge in [0.25, 0.3) is 0 Å². The number of hydrogen-bond acceptors (Lipinski definition) is 4. The van der Waals surface area contributed by atoms with E-state index in [1.165, 1.54) is 6.92 Å². The Morgan fingerprint density at radius 1 is 1.04 bits per heavy atom. The van der Waals surface area contributed by atoms with E-state index >= 15 is 0 Å². The first kappa shape index (κ1) is 18.3. The van der Waals surface area contributed by atoms with E-state index in [0.717, 1.165) is 5.56 Å². The maximum Gasteiger partial charge on any atom is 0.239 e. The highest BCUT2D eigenvalue weighted by molar-refractivity contribution is 6.10. The van der Waals surface area contributed by atoms with E-state index in [0.29, 0.717) is 17.8 Å². The molecular weight excluding hydrogens is 318 g/mol. The van der Waals surface area contributed by atoms with E-state index in [9.17, 15) is 14.4 Å². The number of carbonyl (C=O) groups is 3. The van der Waals surface area contributed by atoms with E-state index in [1.54, 1.807) is 56.6 Å². The maximum atomic E-state index is 12.5. The monoisotopic (exact) mass is 339 g/mol. The van der Waals surface area contributed by atoms with Gasteiger partial charge in [0.05, 0.1) is 0 Å². The van der Waals surface area contributed by atoms with Crippen molar-refractivity contribution in [1.29, 1.82) is 0 Å². The van der Waals surface area contributed by atoms with Crippen molar-refractivity contribution in [3.8, 4) is 0 Å². The average Bonchev–Trinajstić information content (AvgIpc) is 2.60. The van der Waals surface area contributed by atoms with Crippen LogP contribution in [-0.4, -0.2) is 22.6 Å². The van der Waals surface area contributed by atoms with E-state index < -0.39 is 11.3 Å². The molecule has 0 spiro atoms. The lowest BCUT2D eigenvalue weighted by Crippen LogP contribution is -2.44. The van der Waals surface area contributed by atoms with Gasteiger partial charge in [0, 0.05) is 30.2 Å². The molecule has 1 aromatic carbocycles. The highest BCUT2D eigenvalue weighted by atomic mass is 16.2. The van der Waals surface area contributed by atoms with Crippen LogP contribution in [0.2, 0.25) is 0 Å². The van der Waals surface area contributed by atoms with Crippen molar-refractivity contribution in [2.45, 2.75) is 27.3 Å². The summed E-state index contributed by atoms with van der Waals surface area (Å²) in [7, 11) is 0. The SMILES string of the molecule is CC(=O)c1ccc(NC(=O)C(C)(C)C(=O)NCc2cccnc2)cc1. The topological polar surface area (TPSA) is 88.2 Å². The van der Waals surface area contributed by atoms with Crippen LogP contribution >= 0.6 is 0 Å². The molecule has 0 aliphatic heterocycles. The molecule has 6 nitrogen and oxygen atoms in total. The molecule has 0 unspecified atom stereocenters. The maximum absolute atomic E-state index is 12.5. The van der Waals surface area contributed by atoms with Gasteiger partial charge in [-0.25, -0.2) is 0 Å². The molecule has 0 atom stereocenters. The lowest BCUT2D eigenvalue weighted by molar-refractivity contribution is -0.138. The van der Waals surface area contributed by atoms with Crippen molar-refractivity contribution in [3.05, 3.63) is 59.9 Å². The lowest BCUT2D eigenvalue weighted by atomic mass is 9.90. The zero-order chi connectivity index (χ0) is 18.4. The Bertz CT molecular complexity index is 768. The van der Waals surface area contributed by atoms with Gasteiger partial charge in [-0.05, 0) is 56.7 Å². The van der Waals surface area contributed by atoms with Crippen molar-refractivity contribution in [2.75, 3.05) is 5.32 Å². The van der Waals surface area contributed by atoms with Crippen molar-refractivity contribution in [2.24, 2.45) is 5.41 Å². The van der Waals surface area contributed by atoms with Crippen LogP contribution in [0.25, 0.3) is 0 Å². The Morgan fingerprint density at radius 3 is 2.28 bits per heavy atom. The second-order valence-electron chi connectivity index (χ2n) is 6.26. The Kier molecular flexibility index (Phi) is 5.64. The van der Waals surface area contributed by atoms with Crippen molar-refractivity contribution in [1.82, 2.24) is 10.3 Å². The number of rotatable bonds is 6. The number of benzene rings is 1. The fraction of sp³-hybridized carbons (Fsp3) is 0.263. The minimum atomic E-state index is -1.25. The summed E-state index contributed by atoms with van der Waals surface area (Å²) in [6, 6.07) is 10.2. The molecule has 130 valence electrons. The van der Waals surface area contributed by atoms with Crippen LogP contribution in [0.5, 0.6) is 0 Å². The third-order valence-corrected chi connectivity index (χ3v) is 3.86. The minimum Gasteiger partial charge on any atom is -0.351 e. The molecular formula is C19H21N3O3. The molecule has 1 aromatic heterocycles. The van der Waals surface area contributed by atoms with Gasteiger partial charge >= 0.3 is 0 Å². The summed E-state index contributed by atoms with van der Waals surface area (Å²) in [5, 5.41) is 5.45. The van der Waals surface area contributed by atoms with Gasteiger partial charge in [-0.15, -0.1) is 0 Å². The Hall–Kier alpha value is -3.02. The molecule has 0 saturated heterocycles. The van der Waals surface area contributed by atoms with E-state index in [-0.39, 0.29) is 11.7 Å². The zero-order valence-electron chi connectivity index (χ0n) is 14.5. The third kappa shape index (κ3) is 4.73. The Labute approximate surface area is 146 Å². The van der Waals surface area contributed by atoms with Crippen LogP contribution in [0, 0.1) is 5.41 Å². The molecule has 0 aliphatic carbocycles. The summed E-state index contributed by atoms with van der Waals surface area (Å²) in [5.41, 5.74) is 0.697. The number of ketones is 1. The van der Waals surface area contributed by atoms with Crippen LogP contribution < -0.4 is 10.6 Å². The molecule has 25 heavy (non-hydrogen) atoms. The molecule has 0 bridgehead atoms. The smallest absolute Gasteiger partial charge is 0.239 e. The van der Waals surface area contributed by atoms with Crippen molar-refractivity contribution in [3.63, 3.8) is 0 Å². The van der Waals surface area contributed by atoms with Gasteiger partial charge in [0.15, 0.2) is 5.78 Å². The van der Waals surface area contributed by atoms with Crippen LogP contribution in [0.15, 0.2) is 48.8 Å². The molecule has 2 aromatic rings. The molecule has 0 aliphatic rings. The van der Waals surface area contributed by atoms with E-state index in [4.69, 9.17) is 0 Å². The van der Waals surface area contributed by atoms with Gasteiger partial charge < -0.3 is 10.6 Å². The first-order valence-corrected chi connectivity index (χ1v) is 7.90. The number of anilines is 1. The highest BCUT2D eigenvalue weighted by Crippen LogP contribution is 2.20. The predicted octanol–water partition coefficient (Wildman–Crippen LogP) is 2.57. The fourth-order valence-electron chi connectivity index (χ4n) is 2.08. The first-order valence-electron chi connectivity index (χ1n) is 7.90. The molecule has 2 amide bonds. The molecule has 0 fully saturated rings. The number of aromatic nitrogens is 1. The number of pyridine rings is 1. The molecule has 1 heterocycles. The number of nitrogens with one attached hydrogen (secondary N) is 2. The van der Waals surface area contributed by atoms with Gasteiger partial charge in [-0.1, -0.05) is 6.07 Å². The Balaban J connectivity index is 1.98. The summed E-state index contributed by atoms with van der Waals surface area (Å²) in [4.78, 5) is 40.1. The highest BCUT2D eigenvalue weighted by Gasteiger charge is 2.35. The molecule has 0 radical (unpaired) electrons. The summed E-state index contributed by atoms with van der Waals surface area (Å²) in [5.74, 6) is -0.853. The number of carbonyl (C=O) groups excluding carboxylic acids is 3. The standard InChI is InChI=1S/C19H21N3O3/c1-13(23)15-6-8-16(9-7-15)22-18(25)19(2,3)17(24)21-12-14-5-4-10-20-11-14/h4-11H,12H2,1-3H3,(H,21,24)(H,22,25). The van der Waals surface area contributed by atoms with Crippen LogP contribution in [0.1, 0.15) is 36.7 Å². The van der Waals surface area contributed by atoms with Crippen molar-refractivity contribution < 1.29 is 14.4 Å². The largest absolute Gasteiger partial charge is 0.351 e. The molecule has 2 N–H and O–H groups in total. The molecule has 0 saturated carbocycles. The lowest BCUT2D eigenvalue weighted by Gasteiger charge is -2.22. The quantitative estimate of drug-likeness (QED) is 0.625. The van der Waals surface area contributed by atoms with Gasteiger partial charge in [-0.3, -0.25) is 19.4 Å². The number of amides is 2. The van der Waals surface area contributed by atoms with Crippen LogP contribution in [-0.2, 0) is 16.1 Å². The summed E-state index contributed by atoms with van der Waals surface area (Å²) in [6.07, 6.45) is 3.31. The third-order valence-electron chi connectivity index (χ3n) is 3.86. The summed E-state index contributed by atoms with van der Waals surface area (Å²) < 4.78 is 0. The average molecular weight is 339 g/mol. The molecule has 6 heteroatoms. The zero-order valence-corrected chi connectivity index (χ0v) is 14.5. The van der Waals surface area contributed by atoms with Crippen LogP contribution in [0.4, 0.5) is 5.69 Å². The summed E-state index contributed by atoms with van der Waals surface area (Å²) in [6.45, 7) is 4.90. The summed E-state index contributed by atoms with van der Waals surface area (Å²) >= 11 is 0. The molecule has 2 rings (SSSR count). The Morgan fingerprint density at radius 2 is 1.72 bits per heavy atom. The normalized spacial score (nSPS) is 10.8. The van der Waals surface area contributed by atoms with Gasteiger partial charge in [-0.2, -0.15) is 0 Å². The minimum absolute atomic E-state index is 0.0482. The van der Waals surface area contributed by atoms with E-state index in [2.05, 4.69) is 15.6 Å². The fourth-order valence-corrected chi connectivity index (χ4v) is 2.08. The second kappa shape index (κ2) is 7.70. The number of nitrogens with zero attached hydrogens (tertiary/aromatic N) is 1. The first-order chi connectivity index (χ1) is 11.8. The number of Topliss-reactive ketones (excluding diaryl/α,β-unsaturated/α-hetero) is 1.